The van der Waals surface area contributed by atoms with Gasteiger partial charge in [0.25, 0.3) is 0 Å². The molecule has 1 saturated heterocycles. The Hall–Kier alpha value is -3.06. The highest BCUT2D eigenvalue weighted by Gasteiger charge is 2.20. The number of rotatable bonds is 7. The van der Waals surface area contributed by atoms with E-state index >= 15 is 0 Å². The van der Waals surface area contributed by atoms with E-state index in [1.807, 2.05) is 29.4 Å². The van der Waals surface area contributed by atoms with Crippen LogP contribution in [0.2, 0.25) is 0 Å². The van der Waals surface area contributed by atoms with Crippen LogP contribution in [-0.2, 0) is 11.3 Å². The first-order valence-electron chi connectivity index (χ1n) is 9.53. The Morgan fingerprint density at radius 3 is 2.21 bits per heavy atom. The minimum absolute atomic E-state index is 0.00889. The molecule has 0 spiro atoms. The lowest BCUT2D eigenvalue weighted by molar-refractivity contribution is -0.127. The van der Waals surface area contributed by atoms with Gasteiger partial charge >= 0.3 is 0 Å². The largest absolute Gasteiger partial charge is 0.496 e. The molecule has 154 valence electrons. The maximum absolute atomic E-state index is 12.6. The number of hydrogen-bond donors (Lipinski definition) is 0. The minimum Gasteiger partial charge on any atom is -0.496 e. The maximum Gasteiger partial charge on any atom is 0.246 e. The predicted octanol–water partition coefficient (Wildman–Crippen LogP) is 2.47. The average Bonchev–Trinajstić information content (AvgIpc) is 2.78. The molecule has 0 bridgehead atoms. The predicted molar refractivity (Wildman–Crippen MR) is 111 cm³/mol. The summed E-state index contributed by atoms with van der Waals surface area (Å²) >= 11 is 0. The standard InChI is InChI=1S/C22H27N3O4/c1-27-19-15-21(29-3)20(28-2)14-18(19)4-5-22(26)25-12-10-24(11-13-25)16-17-6-8-23-9-7-17/h4-9,14-15H,10-13,16H2,1-3H3/b5-4+. The van der Waals surface area contributed by atoms with Gasteiger partial charge in [0, 0.05) is 62.8 Å². The topological polar surface area (TPSA) is 64.1 Å². The smallest absolute Gasteiger partial charge is 0.246 e. The molecule has 29 heavy (non-hydrogen) atoms. The van der Waals surface area contributed by atoms with Crippen molar-refractivity contribution in [1.29, 1.82) is 0 Å². The van der Waals surface area contributed by atoms with Crippen LogP contribution >= 0.6 is 0 Å². The fraction of sp³-hybridized carbons (Fsp3) is 0.364. The Balaban J connectivity index is 1.60. The second-order valence-corrected chi connectivity index (χ2v) is 6.74. The number of carbonyl (C=O) groups is 1. The highest BCUT2D eigenvalue weighted by Crippen LogP contribution is 2.35. The van der Waals surface area contributed by atoms with Gasteiger partial charge in [-0.1, -0.05) is 0 Å². The number of carbonyl (C=O) groups excluding carboxylic acids is 1. The molecule has 2 aromatic rings. The summed E-state index contributed by atoms with van der Waals surface area (Å²) in [6, 6.07) is 7.60. The molecule has 0 atom stereocenters. The molecule has 0 unspecified atom stereocenters. The van der Waals surface area contributed by atoms with Gasteiger partial charge in [0.05, 0.1) is 21.3 Å². The molecular formula is C22H27N3O4. The zero-order valence-electron chi connectivity index (χ0n) is 17.1. The van der Waals surface area contributed by atoms with Crippen molar-refractivity contribution in [2.45, 2.75) is 6.54 Å². The number of piperazine rings is 1. The van der Waals surface area contributed by atoms with Crippen molar-refractivity contribution in [3.8, 4) is 17.2 Å². The summed E-state index contributed by atoms with van der Waals surface area (Å²) in [5.41, 5.74) is 2.00. The second-order valence-electron chi connectivity index (χ2n) is 6.74. The number of ether oxygens (including phenoxy) is 3. The van der Waals surface area contributed by atoms with Gasteiger partial charge in [0.1, 0.15) is 5.75 Å². The van der Waals surface area contributed by atoms with E-state index in [2.05, 4.69) is 9.88 Å². The lowest BCUT2D eigenvalue weighted by Crippen LogP contribution is -2.47. The van der Waals surface area contributed by atoms with Gasteiger partial charge < -0.3 is 19.1 Å². The lowest BCUT2D eigenvalue weighted by atomic mass is 10.1. The number of aromatic nitrogens is 1. The van der Waals surface area contributed by atoms with Gasteiger partial charge in [0.15, 0.2) is 11.5 Å². The molecule has 0 radical (unpaired) electrons. The Bertz CT molecular complexity index is 847. The molecular weight excluding hydrogens is 370 g/mol. The quantitative estimate of drug-likeness (QED) is 0.669. The number of pyridine rings is 1. The first-order valence-corrected chi connectivity index (χ1v) is 9.53. The summed E-state index contributed by atoms with van der Waals surface area (Å²) in [6.07, 6.45) is 6.96. The van der Waals surface area contributed by atoms with Crippen LogP contribution in [0.25, 0.3) is 6.08 Å². The van der Waals surface area contributed by atoms with Crippen LogP contribution in [0, 0.1) is 0 Å². The fourth-order valence-electron chi connectivity index (χ4n) is 3.32. The van der Waals surface area contributed by atoms with Crippen LogP contribution in [0.1, 0.15) is 11.1 Å². The molecule has 1 amide bonds. The van der Waals surface area contributed by atoms with Gasteiger partial charge in [-0.05, 0) is 29.8 Å². The van der Waals surface area contributed by atoms with Gasteiger partial charge in [-0.3, -0.25) is 14.7 Å². The van der Waals surface area contributed by atoms with Crippen molar-refractivity contribution < 1.29 is 19.0 Å². The highest BCUT2D eigenvalue weighted by molar-refractivity contribution is 5.92. The Morgan fingerprint density at radius 1 is 0.966 bits per heavy atom. The van der Waals surface area contributed by atoms with Gasteiger partial charge in [0.2, 0.25) is 5.91 Å². The molecule has 1 fully saturated rings. The lowest BCUT2D eigenvalue weighted by Gasteiger charge is -2.34. The SMILES string of the molecule is COc1cc(OC)c(OC)cc1/C=C/C(=O)N1CCN(Cc2ccncc2)CC1. The number of amides is 1. The minimum atomic E-state index is -0.00889. The summed E-state index contributed by atoms with van der Waals surface area (Å²) in [5.74, 6) is 1.78. The summed E-state index contributed by atoms with van der Waals surface area (Å²) in [6.45, 7) is 3.99. The zero-order valence-corrected chi connectivity index (χ0v) is 17.1. The maximum atomic E-state index is 12.6. The zero-order chi connectivity index (χ0) is 20.6. The van der Waals surface area contributed by atoms with E-state index in [-0.39, 0.29) is 5.91 Å². The Morgan fingerprint density at radius 2 is 1.59 bits per heavy atom. The molecule has 1 aliphatic rings. The summed E-state index contributed by atoms with van der Waals surface area (Å²) < 4.78 is 16.0. The van der Waals surface area contributed by atoms with Crippen molar-refractivity contribution in [1.82, 2.24) is 14.8 Å². The second kappa shape index (κ2) is 9.93. The molecule has 0 saturated carbocycles. The molecule has 1 aromatic heterocycles. The first-order chi connectivity index (χ1) is 14.1. The van der Waals surface area contributed by atoms with Crippen molar-refractivity contribution in [3.05, 3.63) is 53.9 Å². The molecule has 7 nitrogen and oxygen atoms in total. The average molecular weight is 397 g/mol. The molecule has 2 heterocycles. The van der Waals surface area contributed by atoms with Crippen LogP contribution in [-0.4, -0.2) is 68.2 Å². The van der Waals surface area contributed by atoms with E-state index < -0.39 is 0 Å². The fourth-order valence-corrected chi connectivity index (χ4v) is 3.32. The molecule has 1 aliphatic heterocycles. The van der Waals surface area contributed by atoms with E-state index in [0.29, 0.717) is 30.3 Å². The number of benzene rings is 1. The number of methoxy groups -OCH3 is 3. The van der Waals surface area contributed by atoms with Gasteiger partial charge in [-0.2, -0.15) is 0 Å². The summed E-state index contributed by atoms with van der Waals surface area (Å²) in [7, 11) is 4.74. The molecule has 0 N–H and O–H groups in total. The van der Waals surface area contributed by atoms with Crippen molar-refractivity contribution in [2.75, 3.05) is 47.5 Å². The van der Waals surface area contributed by atoms with Crippen LogP contribution in [0.15, 0.2) is 42.7 Å². The Labute approximate surface area is 171 Å². The molecule has 1 aromatic carbocycles. The monoisotopic (exact) mass is 397 g/mol. The van der Waals surface area contributed by atoms with E-state index in [0.717, 1.165) is 25.2 Å². The molecule has 7 heteroatoms. The van der Waals surface area contributed by atoms with E-state index in [1.54, 1.807) is 45.6 Å². The van der Waals surface area contributed by atoms with Crippen molar-refractivity contribution in [2.24, 2.45) is 0 Å². The number of hydrogen-bond acceptors (Lipinski definition) is 6. The molecule has 0 aliphatic carbocycles. The van der Waals surface area contributed by atoms with Crippen LogP contribution in [0.5, 0.6) is 17.2 Å². The van der Waals surface area contributed by atoms with Crippen molar-refractivity contribution in [3.63, 3.8) is 0 Å². The van der Waals surface area contributed by atoms with Crippen LogP contribution in [0.3, 0.4) is 0 Å². The van der Waals surface area contributed by atoms with E-state index in [1.165, 1.54) is 5.56 Å². The van der Waals surface area contributed by atoms with E-state index in [4.69, 9.17) is 14.2 Å². The Kier molecular flexibility index (Phi) is 7.08. The van der Waals surface area contributed by atoms with E-state index in [9.17, 15) is 4.79 Å². The third-order valence-corrected chi connectivity index (χ3v) is 4.98. The van der Waals surface area contributed by atoms with Crippen LogP contribution < -0.4 is 14.2 Å². The third kappa shape index (κ3) is 5.26. The van der Waals surface area contributed by atoms with Crippen LogP contribution in [0.4, 0.5) is 0 Å². The summed E-state index contributed by atoms with van der Waals surface area (Å²) in [5, 5.41) is 0. The normalized spacial score (nSPS) is 14.8. The van der Waals surface area contributed by atoms with Gasteiger partial charge in [-0.15, -0.1) is 0 Å². The summed E-state index contributed by atoms with van der Waals surface area (Å²) in [4.78, 5) is 20.9. The first kappa shape index (κ1) is 20.7. The van der Waals surface area contributed by atoms with Gasteiger partial charge in [-0.25, -0.2) is 0 Å². The number of nitrogens with zero attached hydrogens (tertiary/aromatic N) is 3. The highest BCUT2D eigenvalue weighted by atomic mass is 16.5. The molecule has 3 rings (SSSR count). The third-order valence-electron chi connectivity index (χ3n) is 4.98. The van der Waals surface area contributed by atoms with Crippen molar-refractivity contribution >= 4 is 12.0 Å².